The predicted molar refractivity (Wildman–Crippen MR) is 64.2 cm³/mol. The molecule has 0 saturated heterocycles. The van der Waals surface area contributed by atoms with Gasteiger partial charge in [0.05, 0.1) is 0 Å². The van der Waals surface area contributed by atoms with Gasteiger partial charge in [-0.25, -0.2) is 15.0 Å². The second-order valence-corrected chi connectivity index (χ2v) is 4.58. The molecular formula is C8H7ClN4S2. The minimum Gasteiger partial charge on any atom is -0.316 e. The van der Waals surface area contributed by atoms with Gasteiger partial charge >= 0.3 is 0 Å². The van der Waals surface area contributed by atoms with Gasteiger partial charge in [-0.05, 0) is 6.26 Å². The predicted octanol–water partition coefficient (Wildman–Crippen LogP) is 3.05. The number of thiazole rings is 1. The Bertz CT molecular complexity index is 446. The van der Waals surface area contributed by atoms with Crippen molar-refractivity contribution in [1.29, 1.82) is 0 Å². The highest BCUT2D eigenvalue weighted by molar-refractivity contribution is 7.98. The van der Waals surface area contributed by atoms with Gasteiger partial charge in [-0.1, -0.05) is 23.4 Å². The lowest BCUT2D eigenvalue weighted by Crippen LogP contribution is -1.96. The molecule has 0 radical (unpaired) electrons. The zero-order valence-electron chi connectivity index (χ0n) is 7.77. The van der Waals surface area contributed by atoms with Crippen molar-refractivity contribution >= 4 is 45.6 Å². The van der Waals surface area contributed by atoms with E-state index in [1.807, 2.05) is 11.6 Å². The van der Waals surface area contributed by atoms with Crippen molar-refractivity contribution in [3.63, 3.8) is 0 Å². The molecule has 2 heterocycles. The number of nitrogens with one attached hydrogen (secondary N) is 1. The van der Waals surface area contributed by atoms with E-state index in [9.17, 15) is 0 Å². The average molecular weight is 259 g/mol. The summed E-state index contributed by atoms with van der Waals surface area (Å²) in [5, 5.41) is 6.80. The third kappa shape index (κ3) is 2.80. The van der Waals surface area contributed by atoms with Crippen LogP contribution in [0.1, 0.15) is 0 Å². The number of anilines is 2. The van der Waals surface area contributed by atoms with Crippen LogP contribution in [-0.4, -0.2) is 21.2 Å². The number of halogens is 1. The summed E-state index contributed by atoms with van der Waals surface area (Å²) in [5.41, 5.74) is 0. The van der Waals surface area contributed by atoms with Gasteiger partial charge in [-0.2, -0.15) is 0 Å². The Morgan fingerprint density at radius 2 is 2.33 bits per heavy atom. The zero-order chi connectivity index (χ0) is 10.7. The van der Waals surface area contributed by atoms with E-state index in [0.717, 1.165) is 5.13 Å². The summed E-state index contributed by atoms with van der Waals surface area (Å²) in [6.07, 6.45) is 3.63. The van der Waals surface area contributed by atoms with Gasteiger partial charge in [0, 0.05) is 17.6 Å². The molecule has 15 heavy (non-hydrogen) atoms. The van der Waals surface area contributed by atoms with E-state index in [-0.39, 0.29) is 0 Å². The molecule has 0 aliphatic rings. The Kier molecular flexibility index (Phi) is 3.40. The monoisotopic (exact) mass is 258 g/mol. The lowest BCUT2D eigenvalue weighted by atomic mass is 10.6. The second-order valence-electron chi connectivity index (χ2n) is 2.52. The molecule has 0 bridgehead atoms. The van der Waals surface area contributed by atoms with Crippen LogP contribution in [0.25, 0.3) is 0 Å². The van der Waals surface area contributed by atoms with Gasteiger partial charge in [0.1, 0.15) is 11.0 Å². The first kappa shape index (κ1) is 10.7. The molecule has 1 N–H and O–H groups in total. The van der Waals surface area contributed by atoms with Gasteiger partial charge in [-0.3, -0.25) is 0 Å². The molecule has 0 amide bonds. The van der Waals surface area contributed by atoms with E-state index in [2.05, 4.69) is 20.3 Å². The topological polar surface area (TPSA) is 50.7 Å². The van der Waals surface area contributed by atoms with Crippen LogP contribution in [0.4, 0.5) is 10.9 Å². The number of aromatic nitrogens is 3. The minimum atomic E-state index is 0.424. The van der Waals surface area contributed by atoms with Crippen LogP contribution in [0.5, 0.6) is 0 Å². The van der Waals surface area contributed by atoms with Gasteiger partial charge in [0.25, 0.3) is 0 Å². The van der Waals surface area contributed by atoms with Crippen molar-refractivity contribution in [1.82, 2.24) is 15.0 Å². The highest BCUT2D eigenvalue weighted by Gasteiger charge is 2.03. The average Bonchev–Trinajstić information content (AvgIpc) is 2.69. The number of hydrogen-bond donors (Lipinski definition) is 1. The standard InChI is InChI=1S/C8H7ClN4S2/c1-14-8-11-5(9)4-6(13-8)12-7-10-2-3-15-7/h2-4H,1H3,(H,10,11,12,13). The maximum absolute atomic E-state index is 5.85. The molecular weight excluding hydrogens is 252 g/mol. The van der Waals surface area contributed by atoms with Crippen LogP contribution in [0.3, 0.4) is 0 Å². The Morgan fingerprint density at radius 3 is 3.00 bits per heavy atom. The Labute approximate surface area is 100 Å². The van der Waals surface area contributed by atoms with E-state index in [0.29, 0.717) is 16.1 Å². The van der Waals surface area contributed by atoms with Crippen molar-refractivity contribution in [3.8, 4) is 0 Å². The first-order valence-electron chi connectivity index (χ1n) is 4.03. The van der Waals surface area contributed by atoms with E-state index < -0.39 is 0 Å². The molecule has 2 aromatic rings. The highest BCUT2D eigenvalue weighted by atomic mass is 35.5. The van der Waals surface area contributed by atoms with E-state index >= 15 is 0 Å². The van der Waals surface area contributed by atoms with E-state index in [1.54, 1.807) is 12.3 Å². The maximum Gasteiger partial charge on any atom is 0.190 e. The molecule has 4 nitrogen and oxygen atoms in total. The smallest absolute Gasteiger partial charge is 0.190 e. The Morgan fingerprint density at radius 1 is 1.47 bits per heavy atom. The molecule has 0 aliphatic carbocycles. The number of rotatable bonds is 3. The Hall–Kier alpha value is -0.850. The van der Waals surface area contributed by atoms with Crippen LogP contribution in [0, 0.1) is 0 Å². The molecule has 0 unspecified atom stereocenters. The first-order chi connectivity index (χ1) is 7.28. The lowest BCUT2D eigenvalue weighted by molar-refractivity contribution is 0.975. The minimum absolute atomic E-state index is 0.424. The third-order valence-corrected chi connectivity index (χ3v) is 2.95. The second kappa shape index (κ2) is 4.78. The Balaban J connectivity index is 2.24. The summed E-state index contributed by atoms with van der Waals surface area (Å²) in [7, 11) is 0. The molecule has 0 atom stereocenters. The van der Waals surface area contributed by atoms with Crippen LogP contribution in [0.2, 0.25) is 5.15 Å². The highest BCUT2D eigenvalue weighted by Crippen LogP contribution is 2.21. The summed E-state index contributed by atoms with van der Waals surface area (Å²) >= 11 is 8.80. The quantitative estimate of drug-likeness (QED) is 0.521. The SMILES string of the molecule is CSc1nc(Cl)cc(Nc2nccs2)n1. The largest absolute Gasteiger partial charge is 0.316 e. The van der Waals surface area contributed by atoms with Crippen molar-refractivity contribution in [2.45, 2.75) is 5.16 Å². The van der Waals surface area contributed by atoms with Gasteiger partial charge in [0.2, 0.25) is 0 Å². The van der Waals surface area contributed by atoms with Gasteiger partial charge in [-0.15, -0.1) is 11.3 Å². The summed E-state index contributed by atoms with van der Waals surface area (Å²) in [6, 6.07) is 1.67. The van der Waals surface area contributed by atoms with Crippen LogP contribution < -0.4 is 5.32 Å². The summed E-state index contributed by atoms with van der Waals surface area (Å²) in [4.78, 5) is 12.4. The first-order valence-corrected chi connectivity index (χ1v) is 6.51. The van der Waals surface area contributed by atoms with E-state index in [1.165, 1.54) is 23.1 Å². The fraction of sp³-hybridized carbons (Fsp3) is 0.125. The normalized spacial score (nSPS) is 10.3. The molecule has 7 heteroatoms. The maximum atomic E-state index is 5.85. The molecule has 0 aromatic carbocycles. The van der Waals surface area contributed by atoms with Gasteiger partial charge < -0.3 is 5.32 Å². The van der Waals surface area contributed by atoms with Crippen LogP contribution in [-0.2, 0) is 0 Å². The zero-order valence-corrected chi connectivity index (χ0v) is 10.2. The lowest BCUT2D eigenvalue weighted by Gasteiger charge is -2.03. The molecule has 0 spiro atoms. The molecule has 0 fully saturated rings. The fourth-order valence-electron chi connectivity index (χ4n) is 0.947. The van der Waals surface area contributed by atoms with Crippen LogP contribution >= 0.6 is 34.7 Å². The van der Waals surface area contributed by atoms with Crippen molar-refractivity contribution in [2.75, 3.05) is 11.6 Å². The molecule has 0 saturated carbocycles. The third-order valence-electron chi connectivity index (χ3n) is 1.52. The number of nitrogens with zero attached hydrogens (tertiary/aromatic N) is 3. The summed E-state index contributed by atoms with van der Waals surface area (Å²) in [5.74, 6) is 0.661. The molecule has 2 aromatic heterocycles. The van der Waals surface area contributed by atoms with Crippen molar-refractivity contribution in [2.24, 2.45) is 0 Å². The fourth-order valence-corrected chi connectivity index (χ4v) is 2.10. The van der Waals surface area contributed by atoms with Crippen molar-refractivity contribution in [3.05, 3.63) is 22.8 Å². The van der Waals surface area contributed by atoms with Crippen molar-refractivity contribution < 1.29 is 0 Å². The molecule has 78 valence electrons. The van der Waals surface area contributed by atoms with Gasteiger partial charge in [0.15, 0.2) is 10.3 Å². The van der Waals surface area contributed by atoms with Crippen LogP contribution in [0.15, 0.2) is 22.8 Å². The number of hydrogen-bond acceptors (Lipinski definition) is 6. The van der Waals surface area contributed by atoms with E-state index in [4.69, 9.17) is 11.6 Å². The molecule has 2 rings (SSSR count). The summed E-state index contributed by atoms with van der Waals surface area (Å²) < 4.78 is 0. The number of thioether (sulfide) groups is 1. The summed E-state index contributed by atoms with van der Waals surface area (Å²) in [6.45, 7) is 0. The molecule has 0 aliphatic heterocycles.